The van der Waals surface area contributed by atoms with Crippen molar-refractivity contribution in [3.63, 3.8) is 0 Å². The maximum absolute atomic E-state index is 5.95. The predicted molar refractivity (Wildman–Crippen MR) is 66.7 cm³/mol. The summed E-state index contributed by atoms with van der Waals surface area (Å²) in [5.41, 5.74) is 0.125. The highest BCUT2D eigenvalue weighted by atomic mass is 16.5. The summed E-state index contributed by atoms with van der Waals surface area (Å²) in [6.07, 6.45) is 5.44. The quantitative estimate of drug-likeness (QED) is 0.681. The van der Waals surface area contributed by atoms with Crippen molar-refractivity contribution in [2.24, 2.45) is 0 Å². The third-order valence-electron chi connectivity index (χ3n) is 3.69. The lowest BCUT2D eigenvalue weighted by molar-refractivity contribution is -0.0726. The van der Waals surface area contributed by atoms with Crippen molar-refractivity contribution in [3.8, 4) is 0 Å². The number of ether oxygens (including phenoxy) is 1. The molecule has 0 atom stereocenters. The lowest BCUT2D eigenvalue weighted by atomic mass is 10.0. The standard InChI is InChI=1S/C13H26N2O/c1-3-4-7-15(12-5-6-12)8-9-16-13(2)10-14-11-13/h12,14H,3-11H2,1-2H3. The van der Waals surface area contributed by atoms with Crippen LogP contribution in [0.2, 0.25) is 0 Å². The lowest BCUT2D eigenvalue weighted by Crippen LogP contribution is -2.59. The first-order valence-electron chi connectivity index (χ1n) is 6.82. The van der Waals surface area contributed by atoms with Gasteiger partial charge in [0.25, 0.3) is 0 Å². The summed E-state index contributed by atoms with van der Waals surface area (Å²) in [5.74, 6) is 0. The maximum Gasteiger partial charge on any atom is 0.0902 e. The van der Waals surface area contributed by atoms with Crippen molar-refractivity contribution < 1.29 is 4.74 Å². The fourth-order valence-corrected chi connectivity index (χ4v) is 2.27. The summed E-state index contributed by atoms with van der Waals surface area (Å²) < 4.78 is 5.95. The zero-order chi connectivity index (χ0) is 11.4. The second-order valence-electron chi connectivity index (χ2n) is 5.52. The minimum atomic E-state index is 0.125. The Morgan fingerprint density at radius 3 is 2.56 bits per heavy atom. The molecule has 2 fully saturated rings. The summed E-state index contributed by atoms with van der Waals surface area (Å²) in [5, 5.41) is 3.27. The van der Waals surface area contributed by atoms with Gasteiger partial charge in [-0.1, -0.05) is 13.3 Å². The van der Waals surface area contributed by atoms with Gasteiger partial charge in [-0.25, -0.2) is 0 Å². The van der Waals surface area contributed by atoms with Crippen LogP contribution in [0.5, 0.6) is 0 Å². The maximum atomic E-state index is 5.95. The highest BCUT2D eigenvalue weighted by molar-refractivity contribution is 4.90. The van der Waals surface area contributed by atoms with Gasteiger partial charge in [-0.3, -0.25) is 4.90 Å². The van der Waals surface area contributed by atoms with Crippen molar-refractivity contribution in [2.45, 2.75) is 51.2 Å². The average molecular weight is 226 g/mol. The molecule has 0 radical (unpaired) electrons. The molecule has 0 spiro atoms. The van der Waals surface area contributed by atoms with E-state index in [1.54, 1.807) is 0 Å². The molecule has 1 aliphatic carbocycles. The number of hydrogen-bond donors (Lipinski definition) is 1. The van der Waals surface area contributed by atoms with Crippen LogP contribution in [0.15, 0.2) is 0 Å². The van der Waals surface area contributed by atoms with E-state index >= 15 is 0 Å². The first-order chi connectivity index (χ1) is 7.73. The first-order valence-corrected chi connectivity index (χ1v) is 6.82. The van der Waals surface area contributed by atoms with Gasteiger partial charge in [0.15, 0.2) is 0 Å². The van der Waals surface area contributed by atoms with E-state index < -0.39 is 0 Å². The number of unbranched alkanes of at least 4 members (excludes halogenated alkanes) is 1. The number of nitrogens with zero attached hydrogens (tertiary/aromatic N) is 1. The van der Waals surface area contributed by atoms with E-state index in [9.17, 15) is 0 Å². The minimum Gasteiger partial charge on any atom is -0.371 e. The molecule has 3 heteroatoms. The van der Waals surface area contributed by atoms with Gasteiger partial charge in [-0.05, 0) is 32.7 Å². The molecule has 2 rings (SSSR count). The Balaban J connectivity index is 1.61. The lowest BCUT2D eigenvalue weighted by Gasteiger charge is -2.39. The largest absolute Gasteiger partial charge is 0.371 e. The molecular formula is C13H26N2O. The topological polar surface area (TPSA) is 24.5 Å². The van der Waals surface area contributed by atoms with Crippen molar-refractivity contribution >= 4 is 0 Å². The van der Waals surface area contributed by atoms with Crippen LogP contribution in [-0.2, 0) is 4.74 Å². The van der Waals surface area contributed by atoms with Crippen molar-refractivity contribution in [3.05, 3.63) is 0 Å². The Morgan fingerprint density at radius 1 is 1.31 bits per heavy atom. The molecule has 3 nitrogen and oxygen atoms in total. The molecule has 94 valence electrons. The Morgan fingerprint density at radius 2 is 2.06 bits per heavy atom. The number of rotatable bonds is 8. The van der Waals surface area contributed by atoms with E-state index in [4.69, 9.17) is 4.74 Å². The van der Waals surface area contributed by atoms with Gasteiger partial charge in [-0.15, -0.1) is 0 Å². The van der Waals surface area contributed by atoms with Crippen molar-refractivity contribution in [2.75, 3.05) is 32.8 Å². The molecule has 2 aliphatic rings. The molecule has 1 saturated heterocycles. The van der Waals surface area contributed by atoms with Crippen LogP contribution in [0.25, 0.3) is 0 Å². The highest BCUT2D eigenvalue weighted by Crippen LogP contribution is 2.27. The molecule has 1 saturated carbocycles. The Bertz CT molecular complexity index is 212. The third kappa shape index (κ3) is 3.44. The zero-order valence-corrected chi connectivity index (χ0v) is 10.8. The van der Waals surface area contributed by atoms with Gasteiger partial charge >= 0.3 is 0 Å². The van der Waals surface area contributed by atoms with Crippen LogP contribution < -0.4 is 5.32 Å². The molecule has 0 amide bonds. The SMILES string of the molecule is CCCCN(CCOC1(C)CNC1)C1CC1. The van der Waals surface area contributed by atoms with Crippen LogP contribution >= 0.6 is 0 Å². The van der Waals surface area contributed by atoms with E-state index in [0.29, 0.717) is 0 Å². The molecular weight excluding hydrogens is 200 g/mol. The summed E-state index contributed by atoms with van der Waals surface area (Å²) in [6.45, 7) is 9.80. The van der Waals surface area contributed by atoms with Crippen LogP contribution in [0.1, 0.15) is 39.5 Å². The molecule has 1 aliphatic heterocycles. The van der Waals surface area contributed by atoms with Gasteiger partial charge in [0, 0.05) is 25.7 Å². The zero-order valence-electron chi connectivity index (χ0n) is 10.8. The molecule has 16 heavy (non-hydrogen) atoms. The Hall–Kier alpha value is -0.120. The van der Waals surface area contributed by atoms with Gasteiger partial charge in [0.2, 0.25) is 0 Å². The monoisotopic (exact) mass is 226 g/mol. The fraction of sp³-hybridized carbons (Fsp3) is 1.00. The van der Waals surface area contributed by atoms with E-state index in [2.05, 4.69) is 24.1 Å². The second kappa shape index (κ2) is 5.48. The third-order valence-corrected chi connectivity index (χ3v) is 3.69. The van der Waals surface area contributed by atoms with Gasteiger partial charge < -0.3 is 10.1 Å². The van der Waals surface area contributed by atoms with Gasteiger partial charge in [-0.2, -0.15) is 0 Å². The molecule has 0 aromatic carbocycles. The van der Waals surface area contributed by atoms with Gasteiger partial charge in [0.1, 0.15) is 0 Å². The molecule has 1 heterocycles. The molecule has 0 bridgehead atoms. The smallest absolute Gasteiger partial charge is 0.0902 e. The normalized spacial score (nSPS) is 23.4. The van der Waals surface area contributed by atoms with E-state index in [0.717, 1.165) is 32.3 Å². The molecule has 1 N–H and O–H groups in total. The highest BCUT2D eigenvalue weighted by Gasteiger charge is 2.33. The molecule has 0 aromatic rings. The predicted octanol–water partition coefficient (Wildman–Crippen LogP) is 1.63. The van der Waals surface area contributed by atoms with Gasteiger partial charge in [0.05, 0.1) is 12.2 Å². The van der Waals surface area contributed by atoms with Crippen molar-refractivity contribution in [1.29, 1.82) is 0 Å². The number of nitrogens with one attached hydrogen (secondary N) is 1. The van der Waals surface area contributed by atoms with Crippen molar-refractivity contribution in [1.82, 2.24) is 10.2 Å². The average Bonchev–Trinajstić information content (AvgIpc) is 3.04. The summed E-state index contributed by atoms with van der Waals surface area (Å²) >= 11 is 0. The number of hydrogen-bond acceptors (Lipinski definition) is 3. The van der Waals surface area contributed by atoms with Crippen LogP contribution in [0.3, 0.4) is 0 Å². The summed E-state index contributed by atoms with van der Waals surface area (Å²) in [4.78, 5) is 2.62. The Labute approximate surface area is 99.5 Å². The van der Waals surface area contributed by atoms with Crippen LogP contribution in [0.4, 0.5) is 0 Å². The van der Waals surface area contributed by atoms with E-state index in [1.807, 2.05) is 0 Å². The van der Waals surface area contributed by atoms with Crippen LogP contribution in [0, 0.1) is 0 Å². The summed E-state index contributed by atoms with van der Waals surface area (Å²) in [7, 11) is 0. The van der Waals surface area contributed by atoms with Crippen LogP contribution in [-0.4, -0.2) is 49.3 Å². The Kier molecular flexibility index (Phi) is 4.22. The fourth-order valence-electron chi connectivity index (χ4n) is 2.27. The first kappa shape index (κ1) is 12.3. The molecule has 0 unspecified atom stereocenters. The minimum absolute atomic E-state index is 0.125. The molecule has 0 aromatic heterocycles. The second-order valence-corrected chi connectivity index (χ2v) is 5.52. The van der Waals surface area contributed by atoms with E-state index in [1.165, 1.54) is 32.2 Å². The van der Waals surface area contributed by atoms with E-state index in [-0.39, 0.29) is 5.60 Å². The summed E-state index contributed by atoms with van der Waals surface area (Å²) in [6, 6.07) is 0.877.